The number of nitrogens with zero attached hydrogens (tertiary/aromatic N) is 1. The van der Waals surface area contributed by atoms with Gasteiger partial charge in [0.1, 0.15) is 5.75 Å². The number of pyridine rings is 1. The summed E-state index contributed by atoms with van der Waals surface area (Å²) in [6.45, 7) is 0. The molecule has 1 aromatic carbocycles. The fraction of sp³-hybridized carbons (Fsp3) is 0.526. The van der Waals surface area contributed by atoms with Crippen molar-refractivity contribution in [3.05, 3.63) is 35.6 Å². The van der Waals surface area contributed by atoms with E-state index in [4.69, 9.17) is 16.3 Å². The molecule has 4 rings (SSSR count). The van der Waals surface area contributed by atoms with Crippen LogP contribution in [0.4, 0.5) is 0 Å². The summed E-state index contributed by atoms with van der Waals surface area (Å²) in [4.78, 5) is 4.14. The smallest absolute Gasteiger partial charge is 0.138 e. The van der Waals surface area contributed by atoms with Crippen molar-refractivity contribution in [2.75, 3.05) is 0 Å². The third-order valence-corrected chi connectivity index (χ3v) is 5.65. The van der Waals surface area contributed by atoms with Crippen LogP contribution in [0.1, 0.15) is 44.9 Å². The van der Waals surface area contributed by atoms with E-state index in [0.29, 0.717) is 11.1 Å². The molecule has 2 aliphatic rings. The Morgan fingerprint density at radius 3 is 2.52 bits per heavy atom. The Bertz CT molecular complexity index is 678. The zero-order valence-electron chi connectivity index (χ0n) is 13.3. The van der Waals surface area contributed by atoms with Crippen molar-refractivity contribution in [3.63, 3.8) is 0 Å². The van der Waals surface area contributed by atoms with Gasteiger partial charge in [-0.15, -0.1) is 0 Å². The predicted octanol–water partition coefficient (Wildman–Crippen LogP) is 4.72. The van der Waals surface area contributed by atoms with Crippen LogP contribution in [0, 0.1) is 0 Å². The van der Waals surface area contributed by atoms with Crippen LogP contribution in [0.3, 0.4) is 0 Å². The van der Waals surface area contributed by atoms with Gasteiger partial charge < -0.3 is 10.1 Å². The number of ether oxygens (including phenoxy) is 1. The van der Waals surface area contributed by atoms with Gasteiger partial charge in [-0.2, -0.15) is 0 Å². The van der Waals surface area contributed by atoms with Crippen molar-refractivity contribution in [2.45, 2.75) is 63.1 Å². The monoisotopic (exact) mass is 330 g/mol. The quantitative estimate of drug-likeness (QED) is 0.880. The first-order valence-electron chi connectivity index (χ1n) is 8.74. The summed E-state index contributed by atoms with van der Waals surface area (Å²) in [6.07, 6.45) is 12.6. The molecule has 2 aliphatic carbocycles. The zero-order valence-corrected chi connectivity index (χ0v) is 14.1. The van der Waals surface area contributed by atoms with Crippen LogP contribution in [0.25, 0.3) is 10.8 Å². The second-order valence-electron chi connectivity index (χ2n) is 6.86. The molecule has 1 N–H and O–H groups in total. The average molecular weight is 331 g/mol. The molecule has 1 heterocycles. The second kappa shape index (κ2) is 6.66. The Labute approximate surface area is 142 Å². The lowest BCUT2D eigenvalue weighted by Crippen LogP contribution is -2.45. The van der Waals surface area contributed by atoms with E-state index in [1.54, 1.807) is 6.20 Å². The normalized spacial score (nSPS) is 25.3. The SMILES string of the molecule is Clc1c(OC2CCC(NC3CCC3)CC2)ccc2cnccc12. The van der Waals surface area contributed by atoms with Crippen LogP contribution in [0.15, 0.2) is 30.6 Å². The first kappa shape index (κ1) is 15.2. The Morgan fingerprint density at radius 1 is 1.00 bits per heavy atom. The van der Waals surface area contributed by atoms with Gasteiger partial charge in [-0.25, -0.2) is 0 Å². The highest BCUT2D eigenvalue weighted by atomic mass is 35.5. The van der Waals surface area contributed by atoms with Crippen molar-refractivity contribution < 1.29 is 4.74 Å². The van der Waals surface area contributed by atoms with Gasteiger partial charge in [0.2, 0.25) is 0 Å². The maximum atomic E-state index is 6.52. The highest BCUT2D eigenvalue weighted by Crippen LogP contribution is 2.35. The summed E-state index contributed by atoms with van der Waals surface area (Å²) in [5, 5.41) is 6.56. The van der Waals surface area contributed by atoms with Gasteiger partial charge in [-0.1, -0.05) is 18.0 Å². The molecule has 4 heteroatoms. The van der Waals surface area contributed by atoms with E-state index in [1.165, 1.54) is 32.1 Å². The van der Waals surface area contributed by atoms with E-state index in [1.807, 2.05) is 24.4 Å². The number of nitrogens with one attached hydrogen (secondary N) is 1. The summed E-state index contributed by atoms with van der Waals surface area (Å²) in [5.41, 5.74) is 0. The second-order valence-corrected chi connectivity index (χ2v) is 7.24. The molecule has 0 unspecified atom stereocenters. The van der Waals surface area contributed by atoms with Crippen LogP contribution in [0.5, 0.6) is 5.75 Å². The number of fused-ring (bicyclic) bond motifs is 1. The molecule has 0 aliphatic heterocycles. The van der Waals surface area contributed by atoms with Crippen molar-refractivity contribution in [3.8, 4) is 5.75 Å². The standard InChI is InChI=1S/C19H23ClN2O/c20-19-17-10-11-21-12-13(17)4-9-18(19)23-16-7-5-15(6-8-16)22-14-2-1-3-14/h4,9-12,14-16,22H,1-3,5-8H2. The van der Waals surface area contributed by atoms with Gasteiger partial charge in [-0.05, 0) is 56.7 Å². The summed E-state index contributed by atoms with van der Waals surface area (Å²) in [5.74, 6) is 0.806. The minimum absolute atomic E-state index is 0.284. The minimum Gasteiger partial charge on any atom is -0.489 e. The lowest BCUT2D eigenvalue weighted by molar-refractivity contribution is 0.131. The molecule has 0 spiro atoms. The van der Waals surface area contributed by atoms with E-state index >= 15 is 0 Å². The van der Waals surface area contributed by atoms with E-state index in [9.17, 15) is 0 Å². The van der Waals surface area contributed by atoms with Crippen molar-refractivity contribution in [1.29, 1.82) is 0 Å². The number of benzene rings is 1. The van der Waals surface area contributed by atoms with Crippen LogP contribution in [-0.4, -0.2) is 23.2 Å². The molecule has 23 heavy (non-hydrogen) atoms. The van der Waals surface area contributed by atoms with Crippen molar-refractivity contribution in [2.24, 2.45) is 0 Å². The molecule has 0 radical (unpaired) electrons. The van der Waals surface area contributed by atoms with Gasteiger partial charge in [0.05, 0.1) is 11.1 Å². The van der Waals surface area contributed by atoms with Crippen LogP contribution in [-0.2, 0) is 0 Å². The molecule has 0 bridgehead atoms. The molecule has 2 fully saturated rings. The Hall–Kier alpha value is -1.32. The Balaban J connectivity index is 1.38. The lowest BCUT2D eigenvalue weighted by Gasteiger charge is -2.35. The third-order valence-electron chi connectivity index (χ3n) is 5.26. The van der Waals surface area contributed by atoms with E-state index < -0.39 is 0 Å². The van der Waals surface area contributed by atoms with Gasteiger partial charge in [0.15, 0.2) is 0 Å². The summed E-state index contributed by atoms with van der Waals surface area (Å²) < 4.78 is 6.21. The largest absolute Gasteiger partial charge is 0.489 e. The maximum Gasteiger partial charge on any atom is 0.138 e. The fourth-order valence-corrected chi connectivity index (χ4v) is 3.92. The fourth-order valence-electron chi connectivity index (χ4n) is 3.64. The van der Waals surface area contributed by atoms with Gasteiger partial charge in [0, 0.05) is 35.2 Å². The zero-order chi connectivity index (χ0) is 15.6. The van der Waals surface area contributed by atoms with Crippen molar-refractivity contribution in [1.82, 2.24) is 10.3 Å². The number of hydrogen-bond donors (Lipinski definition) is 1. The third kappa shape index (κ3) is 3.31. The first-order chi connectivity index (χ1) is 11.3. The molecule has 2 aromatic rings. The number of halogens is 1. The number of hydrogen-bond acceptors (Lipinski definition) is 3. The molecule has 0 atom stereocenters. The topological polar surface area (TPSA) is 34.1 Å². The van der Waals surface area contributed by atoms with E-state index in [0.717, 1.165) is 35.4 Å². The summed E-state index contributed by atoms with van der Waals surface area (Å²) in [7, 11) is 0. The maximum absolute atomic E-state index is 6.52. The average Bonchev–Trinajstić information content (AvgIpc) is 2.55. The Kier molecular flexibility index (Phi) is 4.41. The van der Waals surface area contributed by atoms with Crippen LogP contribution < -0.4 is 10.1 Å². The Morgan fingerprint density at radius 2 is 1.78 bits per heavy atom. The lowest BCUT2D eigenvalue weighted by atomic mass is 9.88. The van der Waals surface area contributed by atoms with Gasteiger partial charge >= 0.3 is 0 Å². The summed E-state index contributed by atoms with van der Waals surface area (Å²) in [6, 6.07) is 7.42. The summed E-state index contributed by atoms with van der Waals surface area (Å²) >= 11 is 6.52. The molecule has 0 amide bonds. The molecular formula is C19H23ClN2O. The van der Waals surface area contributed by atoms with Crippen LogP contribution >= 0.6 is 11.6 Å². The number of aromatic nitrogens is 1. The van der Waals surface area contributed by atoms with Crippen LogP contribution in [0.2, 0.25) is 5.02 Å². The molecule has 2 saturated carbocycles. The molecule has 3 nitrogen and oxygen atoms in total. The predicted molar refractivity (Wildman–Crippen MR) is 94.2 cm³/mol. The van der Waals surface area contributed by atoms with Gasteiger partial charge in [-0.3, -0.25) is 4.98 Å². The molecule has 1 aromatic heterocycles. The molecule has 122 valence electrons. The van der Waals surface area contributed by atoms with Gasteiger partial charge in [0.25, 0.3) is 0 Å². The molecular weight excluding hydrogens is 308 g/mol. The highest BCUT2D eigenvalue weighted by Gasteiger charge is 2.26. The first-order valence-corrected chi connectivity index (χ1v) is 9.12. The molecule has 0 saturated heterocycles. The van der Waals surface area contributed by atoms with E-state index in [2.05, 4.69) is 10.3 Å². The van der Waals surface area contributed by atoms with E-state index in [-0.39, 0.29) is 6.10 Å². The number of rotatable bonds is 4. The highest BCUT2D eigenvalue weighted by molar-refractivity contribution is 6.37. The van der Waals surface area contributed by atoms with Crippen molar-refractivity contribution >= 4 is 22.4 Å². The minimum atomic E-state index is 0.284.